The number of aliphatic hydroxyl groups excluding tert-OH is 1. The first-order chi connectivity index (χ1) is 8.99. The molecule has 1 aromatic rings. The van der Waals surface area contributed by atoms with Gasteiger partial charge in [-0.05, 0) is 12.8 Å². The van der Waals surface area contributed by atoms with E-state index in [0.717, 1.165) is 18.9 Å². The summed E-state index contributed by atoms with van der Waals surface area (Å²) in [6.07, 6.45) is 1.89. The molecule has 1 saturated carbocycles. The first-order valence-electron chi connectivity index (χ1n) is 6.04. The first-order valence-corrected chi connectivity index (χ1v) is 6.04. The Kier molecular flexibility index (Phi) is 3.94. The molecule has 0 aliphatic heterocycles. The lowest BCUT2D eigenvalue weighted by molar-refractivity contribution is -0.386. The van der Waals surface area contributed by atoms with Gasteiger partial charge in [-0.1, -0.05) is 6.42 Å². The summed E-state index contributed by atoms with van der Waals surface area (Å²) in [6.45, 7) is 0.255. The number of rotatable bonds is 4. The Labute approximate surface area is 108 Å². The number of halogens is 2. The number of nitrogens with one attached hydrogen (secondary N) is 1. The third-order valence-electron chi connectivity index (χ3n) is 3.38. The maximum atomic E-state index is 13.4. The third kappa shape index (κ3) is 2.98. The molecule has 1 aromatic carbocycles. The van der Waals surface area contributed by atoms with Gasteiger partial charge in [-0.3, -0.25) is 10.1 Å². The van der Waals surface area contributed by atoms with E-state index in [1.54, 1.807) is 0 Å². The van der Waals surface area contributed by atoms with E-state index in [1.807, 2.05) is 0 Å². The van der Waals surface area contributed by atoms with E-state index in [-0.39, 0.29) is 18.2 Å². The van der Waals surface area contributed by atoms with Crippen molar-refractivity contribution >= 4 is 11.4 Å². The minimum atomic E-state index is -1.21. The average molecular weight is 272 g/mol. The lowest BCUT2D eigenvalue weighted by Gasteiger charge is -2.16. The van der Waals surface area contributed by atoms with Crippen molar-refractivity contribution in [2.24, 2.45) is 5.92 Å². The van der Waals surface area contributed by atoms with Gasteiger partial charge in [0.1, 0.15) is 11.5 Å². The molecule has 2 rings (SSSR count). The summed E-state index contributed by atoms with van der Waals surface area (Å²) in [4.78, 5) is 9.88. The van der Waals surface area contributed by atoms with Gasteiger partial charge < -0.3 is 10.4 Å². The highest BCUT2D eigenvalue weighted by atomic mass is 19.1. The van der Waals surface area contributed by atoms with Crippen LogP contribution in [-0.4, -0.2) is 22.7 Å². The number of hydrogen-bond donors (Lipinski definition) is 2. The normalized spacial score (nSPS) is 22.5. The summed E-state index contributed by atoms with van der Waals surface area (Å²) >= 11 is 0. The van der Waals surface area contributed by atoms with Gasteiger partial charge in [-0.25, -0.2) is 4.39 Å². The van der Waals surface area contributed by atoms with Crippen LogP contribution in [0.25, 0.3) is 0 Å². The predicted molar refractivity (Wildman–Crippen MR) is 64.8 cm³/mol. The second-order valence-corrected chi connectivity index (χ2v) is 4.68. The predicted octanol–water partition coefficient (Wildman–Crippen LogP) is 2.45. The Morgan fingerprint density at radius 3 is 2.74 bits per heavy atom. The smallest absolute Gasteiger partial charge is 0.327 e. The van der Waals surface area contributed by atoms with Gasteiger partial charge in [0.05, 0.1) is 11.0 Å². The topological polar surface area (TPSA) is 75.4 Å². The van der Waals surface area contributed by atoms with Crippen molar-refractivity contribution < 1.29 is 18.8 Å². The molecule has 0 aromatic heterocycles. The van der Waals surface area contributed by atoms with Crippen LogP contribution in [0.5, 0.6) is 0 Å². The van der Waals surface area contributed by atoms with Crippen LogP contribution >= 0.6 is 0 Å². The fraction of sp³-hybridized carbons (Fsp3) is 0.500. The molecule has 0 amide bonds. The molecule has 19 heavy (non-hydrogen) atoms. The summed E-state index contributed by atoms with van der Waals surface area (Å²) in [5, 5.41) is 23.1. The van der Waals surface area contributed by atoms with Crippen LogP contribution in [0.15, 0.2) is 12.1 Å². The molecular formula is C12H14F2N2O3. The summed E-state index contributed by atoms with van der Waals surface area (Å²) in [5.74, 6) is -2.14. The summed E-state index contributed by atoms with van der Waals surface area (Å²) in [6, 6.07) is 1.37. The van der Waals surface area contributed by atoms with E-state index in [4.69, 9.17) is 0 Å². The van der Waals surface area contributed by atoms with Crippen molar-refractivity contribution in [2.45, 2.75) is 25.4 Å². The van der Waals surface area contributed by atoms with E-state index in [2.05, 4.69) is 5.32 Å². The Bertz CT molecular complexity index is 496. The maximum Gasteiger partial charge on any atom is 0.327 e. The zero-order valence-corrected chi connectivity index (χ0v) is 10.1. The summed E-state index contributed by atoms with van der Waals surface area (Å²) < 4.78 is 26.5. The molecule has 1 aliphatic rings. The highest BCUT2D eigenvalue weighted by Gasteiger charge is 2.27. The van der Waals surface area contributed by atoms with Crippen LogP contribution in [0.3, 0.4) is 0 Å². The van der Waals surface area contributed by atoms with E-state index >= 15 is 0 Å². The van der Waals surface area contributed by atoms with Crippen molar-refractivity contribution in [1.82, 2.24) is 0 Å². The van der Waals surface area contributed by atoms with Crippen molar-refractivity contribution in [1.29, 1.82) is 0 Å². The molecule has 7 heteroatoms. The fourth-order valence-corrected chi connectivity index (χ4v) is 2.38. The third-order valence-corrected chi connectivity index (χ3v) is 3.38. The van der Waals surface area contributed by atoms with Crippen LogP contribution in [0.1, 0.15) is 19.3 Å². The zero-order chi connectivity index (χ0) is 14.0. The highest BCUT2D eigenvalue weighted by molar-refractivity contribution is 5.62. The van der Waals surface area contributed by atoms with Gasteiger partial charge in [0.2, 0.25) is 5.82 Å². The molecule has 0 radical (unpaired) electrons. The number of hydrogen-bond acceptors (Lipinski definition) is 4. The lowest BCUT2D eigenvalue weighted by atomic mass is 10.1. The largest absolute Gasteiger partial charge is 0.393 e. The van der Waals surface area contributed by atoms with Crippen LogP contribution in [0.2, 0.25) is 0 Å². The molecule has 1 fully saturated rings. The SMILES string of the molecule is O=[N+]([O-])c1c(F)cc(F)cc1NCC1CCCC1O. The molecule has 104 valence electrons. The van der Waals surface area contributed by atoms with Crippen molar-refractivity contribution in [3.05, 3.63) is 33.9 Å². The second kappa shape index (κ2) is 5.48. The van der Waals surface area contributed by atoms with E-state index < -0.39 is 28.3 Å². The maximum absolute atomic E-state index is 13.4. The van der Waals surface area contributed by atoms with Gasteiger partial charge in [0.25, 0.3) is 0 Å². The quantitative estimate of drug-likeness (QED) is 0.652. The number of nitrogens with zero attached hydrogens (tertiary/aromatic N) is 1. The first kappa shape index (κ1) is 13.7. The molecule has 5 nitrogen and oxygen atoms in total. The summed E-state index contributed by atoms with van der Waals surface area (Å²) in [5.41, 5.74) is -0.963. The van der Waals surface area contributed by atoms with Crippen LogP contribution in [0.4, 0.5) is 20.2 Å². The number of benzene rings is 1. The Morgan fingerprint density at radius 1 is 1.42 bits per heavy atom. The number of anilines is 1. The van der Waals surface area contributed by atoms with Crippen molar-refractivity contribution in [3.8, 4) is 0 Å². The van der Waals surface area contributed by atoms with Gasteiger partial charge in [-0.2, -0.15) is 4.39 Å². The van der Waals surface area contributed by atoms with E-state index in [0.29, 0.717) is 12.5 Å². The standard InChI is InChI=1S/C12H14F2N2O3/c13-8-4-9(14)12(16(18)19)10(5-8)15-6-7-2-1-3-11(7)17/h4-5,7,11,15,17H,1-3,6H2. The monoisotopic (exact) mass is 272 g/mol. The highest BCUT2D eigenvalue weighted by Crippen LogP contribution is 2.31. The molecule has 2 atom stereocenters. The van der Waals surface area contributed by atoms with Gasteiger partial charge in [0.15, 0.2) is 0 Å². The van der Waals surface area contributed by atoms with Gasteiger partial charge >= 0.3 is 5.69 Å². The van der Waals surface area contributed by atoms with Gasteiger partial charge in [0, 0.05) is 24.6 Å². The Hall–Kier alpha value is -1.76. The van der Waals surface area contributed by atoms with E-state index in [1.165, 1.54) is 0 Å². The minimum absolute atomic E-state index is 0.0501. The molecule has 0 heterocycles. The van der Waals surface area contributed by atoms with Crippen molar-refractivity contribution in [3.63, 3.8) is 0 Å². The Morgan fingerprint density at radius 2 is 2.16 bits per heavy atom. The van der Waals surface area contributed by atoms with Crippen LogP contribution in [0, 0.1) is 27.7 Å². The number of aliphatic hydroxyl groups is 1. The minimum Gasteiger partial charge on any atom is -0.393 e. The average Bonchev–Trinajstić information content (AvgIpc) is 2.70. The lowest BCUT2D eigenvalue weighted by Crippen LogP contribution is -2.22. The molecule has 0 bridgehead atoms. The number of nitro groups is 1. The molecule has 1 aliphatic carbocycles. The van der Waals surface area contributed by atoms with E-state index in [9.17, 15) is 24.0 Å². The van der Waals surface area contributed by atoms with Crippen LogP contribution in [-0.2, 0) is 0 Å². The van der Waals surface area contributed by atoms with Crippen LogP contribution < -0.4 is 5.32 Å². The van der Waals surface area contributed by atoms with Crippen molar-refractivity contribution in [2.75, 3.05) is 11.9 Å². The zero-order valence-electron chi connectivity index (χ0n) is 10.1. The summed E-state index contributed by atoms with van der Waals surface area (Å²) in [7, 11) is 0. The van der Waals surface area contributed by atoms with Gasteiger partial charge in [-0.15, -0.1) is 0 Å². The Balaban J connectivity index is 2.17. The molecule has 2 unspecified atom stereocenters. The number of nitro benzene ring substituents is 1. The molecular weight excluding hydrogens is 258 g/mol. The molecule has 0 saturated heterocycles. The molecule has 2 N–H and O–H groups in total. The molecule has 0 spiro atoms. The fourth-order valence-electron chi connectivity index (χ4n) is 2.38. The second-order valence-electron chi connectivity index (χ2n) is 4.68.